The SMILES string of the molecule is C[C@@H]1CN([C@H](C)CO)C(=O)Cc2cc(NC(=O)CCC(F)(F)F)ccc2O[C@@H]1CN(C)Cc1ccccc1. The van der Waals surface area contributed by atoms with Crippen LogP contribution in [-0.4, -0.2) is 71.8 Å². The Labute approximate surface area is 221 Å². The van der Waals surface area contributed by atoms with Crippen LogP contribution in [0.25, 0.3) is 0 Å². The van der Waals surface area contributed by atoms with Gasteiger partial charge in [-0.15, -0.1) is 0 Å². The van der Waals surface area contributed by atoms with Crippen molar-refractivity contribution >= 4 is 17.5 Å². The summed E-state index contributed by atoms with van der Waals surface area (Å²) in [4.78, 5) is 29.1. The number of carbonyl (C=O) groups is 2. The van der Waals surface area contributed by atoms with E-state index in [1.165, 1.54) is 0 Å². The first-order valence-electron chi connectivity index (χ1n) is 12.7. The van der Waals surface area contributed by atoms with Crippen LogP contribution in [0.2, 0.25) is 0 Å². The third-order valence-electron chi connectivity index (χ3n) is 6.62. The number of aliphatic hydroxyl groups excluding tert-OH is 1. The number of alkyl halides is 3. The average Bonchev–Trinajstić information content (AvgIpc) is 2.90. The van der Waals surface area contributed by atoms with Crippen LogP contribution in [0.3, 0.4) is 0 Å². The van der Waals surface area contributed by atoms with E-state index in [0.717, 1.165) is 5.56 Å². The predicted octanol–water partition coefficient (Wildman–Crippen LogP) is 4.25. The molecule has 10 heteroatoms. The molecule has 2 N–H and O–H groups in total. The van der Waals surface area contributed by atoms with E-state index in [0.29, 0.717) is 36.6 Å². The van der Waals surface area contributed by atoms with E-state index in [2.05, 4.69) is 10.2 Å². The molecule has 0 saturated carbocycles. The Kier molecular flexibility index (Phi) is 10.2. The molecule has 1 aliphatic heterocycles. The minimum absolute atomic E-state index is 0.0365. The first-order chi connectivity index (χ1) is 17.9. The van der Waals surface area contributed by atoms with Crippen molar-refractivity contribution in [2.45, 2.75) is 58.0 Å². The zero-order valence-electron chi connectivity index (χ0n) is 22.0. The van der Waals surface area contributed by atoms with Crippen LogP contribution in [0.5, 0.6) is 5.75 Å². The molecule has 208 valence electrons. The van der Waals surface area contributed by atoms with Gasteiger partial charge in [0.25, 0.3) is 0 Å². The summed E-state index contributed by atoms with van der Waals surface area (Å²) in [5, 5.41) is 12.3. The molecule has 0 bridgehead atoms. The van der Waals surface area contributed by atoms with Gasteiger partial charge in [-0.2, -0.15) is 13.2 Å². The fraction of sp³-hybridized carbons (Fsp3) is 0.500. The molecule has 0 unspecified atom stereocenters. The van der Waals surface area contributed by atoms with E-state index in [9.17, 15) is 27.9 Å². The highest BCUT2D eigenvalue weighted by atomic mass is 19.4. The summed E-state index contributed by atoms with van der Waals surface area (Å²) in [6.45, 7) is 5.25. The van der Waals surface area contributed by atoms with Crippen molar-refractivity contribution in [1.82, 2.24) is 9.80 Å². The minimum atomic E-state index is -4.42. The van der Waals surface area contributed by atoms with E-state index in [1.807, 2.05) is 44.3 Å². The fourth-order valence-corrected chi connectivity index (χ4v) is 4.47. The molecule has 2 aromatic rings. The monoisotopic (exact) mass is 535 g/mol. The highest BCUT2D eigenvalue weighted by molar-refractivity contribution is 5.91. The largest absolute Gasteiger partial charge is 0.488 e. The van der Waals surface area contributed by atoms with Gasteiger partial charge in [-0.25, -0.2) is 0 Å². The molecule has 7 nitrogen and oxygen atoms in total. The number of nitrogens with one attached hydrogen (secondary N) is 1. The second-order valence-electron chi connectivity index (χ2n) is 10.1. The third-order valence-corrected chi connectivity index (χ3v) is 6.62. The summed E-state index contributed by atoms with van der Waals surface area (Å²) in [7, 11) is 2.00. The Morgan fingerprint density at radius 1 is 1.24 bits per heavy atom. The summed E-state index contributed by atoms with van der Waals surface area (Å²) in [5.41, 5.74) is 1.96. The van der Waals surface area contributed by atoms with Gasteiger partial charge in [0.2, 0.25) is 11.8 Å². The molecule has 0 aliphatic carbocycles. The van der Waals surface area contributed by atoms with Crippen LogP contribution in [0.1, 0.15) is 37.8 Å². The predicted molar refractivity (Wildman–Crippen MR) is 139 cm³/mol. The van der Waals surface area contributed by atoms with Crippen LogP contribution < -0.4 is 10.1 Å². The number of likely N-dealkylation sites (N-methyl/N-ethyl adjacent to an activating group) is 1. The van der Waals surface area contributed by atoms with Crippen LogP contribution >= 0.6 is 0 Å². The molecule has 0 saturated heterocycles. The van der Waals surface area contributed by atoms with E-state index in [-0.39, 0.29) is 31.0 Å². The standard InChI is InChI=1S/C28H36F3N3O4/c1-19-15-34(20(2)18-35)27(37)14-22-13-23(32-26(36)11-12-28(29,30)31)9-10-24(22)38-25(19)17-33(3)16-21-7-5-4-6-8-21/h4-10,13,19-20,25,35H,11-12,14-18H2,1-3H3,(H,32,36)/t19-,20-,25-/m1/s1. The molecule has 0 aromatic heterocycles. The number of rotatable bonds is 9. The van der Waals surface area contributed by atoms with Crippen LogP contribution in [0, 0.1) is 5.92 Å². The van der Waals surface area contributed by atoms with Crippen molar-refractivity contribution in [1.29, 1.82) is 0 Å². The lowest BCUT2D eigenvalue weighted by Crippen LogP contribution is -2.47. The Balaban J connectivity index is 1.84. The Hall–Kier alpha value is -3.11. The normalized spacial score (nSPS) is 19.2. The van der Waals surface area contributed by atoms with Gasteiger partial charge in [0.15, 0.2) is 0 Å². The number of amides is 2. The van der Waals surface area contributed by atoms with Crippen molar-refractivity contribution in [3.05, 3.63) is 59.7 Å². The Bertz CT molecular complexity index is 1080. The first-order valence-corrected chi connectivity index (χ1v) is 12.7. The maximum absolute atomic E-state index is 13.3. The average molecular weight is 536 g/mol. The van der Waals surface area contributed by atoms with E-state index < -0.39 is 31.0 Å². The van der Waals surface area contributed by atoms with Crippen molar-refractivity contribution in [3.63, 3.8) is 0 Å². The molecule has 3 atom stereocenters. The van der Waals surface area contributed by atoms with Crippen LogP contribution in [0.4, 0.5) is 18.9 Å². The zero-order valence-corrected chi connectivity index (χ0v) is 22.0. The third kappa shape index (κ3) is 8.73. The van der Waals surface area contributed by atoms with Crippen molar-refractivity contribution in [2.24, 2.45) is 5.92 Å². The number of anilines is 1. The van der Waals surface area contributed by atoms with Gasteiger partial charge in [-0.3, -0.25) is 14.5 Å². The lowest BCUT2D eigenvalue weighted by Gasteiger charge is -2.34. The molecule has 0 spiro atoms. The van der Waals surface area contributed by atoms with Gasteiger partial charge < -0.3 is 20.1 Å². The van der Waals surface area contributed by atoms with Gasteiger partial charge in [0, 0.05) is 43.2 Å². The maximum Gasteiger partial charge on any atom is 0.389 e. The number of carbonyl (C=O) groups excluding carboxylic acids is 2. The van der Waals surface area contributed by atoms with Gasteiger partial charge in [0.05, 0.1) is 25.5 Å². The number of aliphatic hydroxyl groups is 1. The molecular weight excluding hydrogens is 499 g/mol. The molecule has 0 radical (unpaired) electrons. The van der Waals surface area contributed by atoms with Gasteiger partial charge >= 0.3 is 6.18 Å². The minimum Gasteiger partial charge on any atom is -0.488 e. The second kappa shape index (κ2) is 13.1. The van der Waals surface area contributed by atoms with Crippen molar-refractivity contribution in [3.8, 4) is 5.75 Å². The van der Waals surface area contributed by atoms with Gasteiger partial charge in [-0.1, -0.05) is 37.3 Å². The van der Waals surface area contributed by atoms with Crippen molar-refractivity contribution in [2.75, 3.05) is 32.1 Å². The number of halogens is 3. The topological polar surface area (TPSA) is 82.1 Å². The van der Waals surface area contributed by atoms with Gasteiger partial charge in [-0.05, 0) is 37.7 Å². The molecule has 1 aliphatic rings. The Morgan fingerprint density at radius 3 is 2.61 bits per heavy atom. The zero-order chi connectivity index (χ0) is 27.9. The van der Waals surface area contributed by atoms with Crippen molar-refractivity contribution < 1.29 is 32.6 Å². The maximum atomic E-state index is 13.3. The quantitative estimate of drug-likeness (QED) is 0.502. The molecule has 2 aromatic carbocycles. The van der Waals surface area contributed by atoms with E-state index in [4.69, 9.17) is 4.74 Å². The van der Waals surface area contributed by atoms with Gasteiger partial charge in [0.1, 0.15) is 11.9 Å². The number of hydrogen-bond acceptors (Lipinski definition) is 5. The highest BCUT2D eigenvalue weighted by Crippen LogP contribution is 2.30. The fourth-order valence-electron chi connectivity index (χ4n) is 4.47. The summed E-state index contributed by atoms with van der Waals surface area (Å²) in [6.07, 6.45) is -6.66. The molecule has 38 heavy (non-hydrogen) atoms. The Morgan fingerprint density at radius 2 is 1.95 bits per heavy atom. The molecule has 1 heterocycles. The molecular formula is C28H36F3N3O4. The number of ether oxygens (including phenoxy) is 1. The summed E-state index contributed by atoms with van der Waals surface area (Å²) in [6, 6.07) is 14.4. The molecule has 3 rings (SSSR count). The smallest absolute Gasteiger partial charge is 0.389 e. The highest BCUT2D eigenvalue weighted by Gasteiger charge is 2.31. The number of benzene rings is 2. The molecule has 0 fully saturated rings. The summed E-state index contributed by atoms with van der Waals surface area (Å²) < 4.78 is 43.9. The van der Waals surface area contributed by atoms with E-state index >= 15 is 0 Å². The summed E-state index contributed by atoms with van der Waals surface area (Å²) >= 11 is 0. The number of fused-ring (bicyclic) bond motifs is 1. The molecule has 2 amide bonds. The van der Waals surface area contributed by atoms with Crippen LogP contribution in [-0.2, 0) is 22.6 Å². The number of nitrogens with zero attached hydrogens (tertiary/aromatic N) is 2. The first kappa shape index (κ1) is 29.4. The lowest BCUT2D eigenvalue weighted by atomic mass is 10.0. The van der Waals surface area contributed by atoms with Crippen LogP contribution in [0.15, 0.2) is 48.5 Å². The van der Waals surface area contributed by atoms with E-state index in [1.54, 1.807) is 30.0 Å². The number of hydrogen-bond donors (Lipinski definition) is 2. The summed E-state index contributed by atoms with van der Waals surface area (Å²) in [5.74, 6) is -0.557. The second-order valence-corrected chi connectivity index (χ2v) is 10.1. The lowest BCUT2D eigenvalue weighted by molar-refractivity contribution is -0.142.